The van der Waals surface area contributed by atoms with Gasteiger partial charge in [-0.15, -0.1) is 0 Å². The average Bonchev–Trinajstić information content (AvgIpc) is 2.79. The van der Waals surface area contributed by atoms with E-state index in [0.717, 1.165) is 5.39 Å². The lowest BCUT2D eigenvalue weighted by Crippen LogP contribution is -2.29. The Hall–Kier alpha value is -2.11. The van der Waals surface area contributed by atoms with E-state index in [1.807, 2.05) is 12.1 Å². The molecule has 2 atom stereocenters. The minimum absolute atomic E-state index is 0.0658. The van der Waals surface area contributed by atoms with Crippen molar-refractivity contribution < 1.29 is 20.1 Å². The number of β-amino-alcohol motifs (C(OH)–C–C–N with tert-alkyl or cyclic N) is 2. The van der Waals surface area contributed by atoms with E-state index in [-0.39, 0.29) is 30.3 Å². The number of fused-ring (bicyclic) bond motifs is 1. The molecule has 0 aliphatic carbocycles. The van der Waals surface area contributed by atoms with E-state index < -0.39 is 12.2 Å². The summed E-state index contributed by atoms with van der Waals surface area (Å²) in [6.07, 6.45) is -1.86. The molecule has 20 heavy (non-hydrogen) atoms. The van der Waals surface area contributed by atoms with Crippen molar-refractivity contribution in [3.8, 4) is 5.75 Å². The molecule has 1 amide bonds. The van der Waals surface area contributed by atoms with Gasteiger partial charge in [-0.2, -0.15) is 0 Å². The molecule has 2 aromatic carbocycles. The topological polar surface area (TPSA) is 81.0 Å². The molecular weight excluding hydrogens is 258 g/mol. The van der Waals surface area contributed by atoms with Gasteiger partial charge in [0.2, 0.25) is 0 Å². The molecule has 1 saturated heterocycles. The van der Waals surface area contributed by atoms with Crippen LogP contribution in [0.4, 0.5) is 0 Å². The fourth-order valence-electron chi connectivity index (χ4n) is 2.53. The lowest BCUT2D eigenvalue weighted by molar-refractivity contribution is 0.0572. The average molecular weight is 273 g/mol. The molecule has 2 aromatic rings. The Kier molecular flexibility index (Phi) is 3.08. The predicted octanol–water partition coefficient (Wildman–Crippen LogP) is 0.723. The van der Waals surface area contributed by atoms with Crippen molar-refractivity contribution in [3.05, 3.63) is 42.0 Å². The highest BCUT2D eigenvalue weighted by atomic mass is 16.3. The van der Waals surface area contributed by atoms with Gasteiger partial charge < -0.3 is 20.2 Å². The van der Waals surface area contributed by atoms with Crippen LogP contribution in [0.15, 0.2) is 36.4 Å². The van der Waals surface area contributed by atoms with Gasteiger partial charge in [-0.25, -0.2) is 0 Å². The number of aliphatic hydroxyl groups is 2. The minimum Gasteiger partial charge on any atom is -0.506 e. The maximum atomic E-state index is 12.3. The number of rotatable bonds is 1. The van der Waals surface area contributed by atoms with Crippen molar-refractivity contribution >= 4 is 16.7 Å². The van der Waals surface area contributed by atoms with Gasteiger partial charge in [0.1, 0.15) is 5.75 Å². The fraction of sp³-hybridized carbons (Fsp3) is 0.267. The van der Waals surface area contributed by atoms with Gasteiger partial charge in [-0.3, -0.25) is 4.79 Å². The molecule has 0 radical (unpaired) electrons. The summed E-state index contributed by atoms with van der Waals surface area (Å²) in [5.41, 5.74) is 0.185. The molecule has 5 heteroatoms. The summed E-state index contributed by atoms with van der Waals surface area (Å²) in [6.45, 7) is 0.151. The quantitative estimate of drug-likeness (QED) is 0.715. The molecule has 0 bridgehead atoms. The van der Waals surface area contributed by atoms with E-state index in [1.165, 1.54) is 4.90 Å². The second kappa shape index (κ2) is 4.77. The van der Waals surface area contributed by atoms with Gasteiger partial charge in [-0.1, -0.05) is 30.3 Å². The standard InChI is InChI=1S/C15H15NO4/c17-12-7-16(8-13(12)18)15(20)11-6-5-9-3-1-2-4-10(9)14(11)19/h1-6,12-13,17-19H,7-8H2. The Morgan fingerprint density at radius 2 is 1.70 bits per heavy atom. The zero-order valence-corrected chi connectivity index (χ0v) is 10.7. The summed E-state index contributed by atoms with van der Waals surface area (Å²) in [5, 5.41) is 30.7. The first-order valence-corrected chi connectivity index (χ1v) is 6.44. The predicted molar refractivity (Wildman–Crippen MR) is 73.5 cm³/mol. The molecule has 3 N–H and O–H groups in total. The van der Waals surface area contributed by atoms with Gasteiger partial charge in [0.25, 0.3) is 5.91 Å². The molecule has 2 unspecified atom stereocenters. The molecule has 0 saturated carbocycles. The summed E-state index contributed by atoms with van der Waals surface area (Å²) in [7, 11) is 0. The van der Waals surface area contributed by atoms with Crippen molar-refractivity contribution in [2.24, 2.45) is 0 Å². The second-order valence-corrected chi connectivity index (χ2v) is 5.03. The van der Waals surface area contributed by atoms with E-state index >= 15 is 0 Å². The zero-order valence-electron chi connectivity index (χ0n) is 10.7. The third-order valence-electron chi connectivity index (χ3n) is 3.68. The summed E-state index contributed by atoms with van der Waals surface area (Å²) in [4.78, 5) is 13.7. The Labute approximate surface area is 115 Å². The van der Waals surface area contributed by atoms with Crippen LogP contribution in [-0.4, -0.2) is 51.4 Å². The van der Waals surface area contributed by atoms with Crippen molar-refractivity contribution in [2.45, 2.75) is 12.2 Å². The third-order valence-corrected chi connectivity index (χ3v) is 3.68. The van der Waals surface area contributed by atoms with Gasteiger partial charge in [0.15, 0.2) is 0 Å². The monoisotopic (exact) mass is 273 g/mol. The summed E-state index contributed by atoms with van der Waals surface area (Å²) in [6, 6.07) is 10.6. The number of likely N-dealkylation sites (tertiary alicyclic amines) is 1. The maximum Gasteiger partial charge on any atom is 0.257 e. The first-order valence-electron chi connectivity index (χ1n) is 6.44. The number of amides is 1. The van der Waals surface area contributed by atoms with Crippen LogP contribution >= 0.6 is 0 Å². The van der Waals surface area contributed by atoms with E-state index in [1.54, 1.807) is 24.3 Å². The van der Waals surface area contributed by atoms with Crippen molar-refractivity contribution in [3.63, 3.8) is 0 Å². The number of nitrogens with zero attached hydrogens (tertiary/aromatic N) is 1. The number of aliphatic hydroxyl groups excluding tert-OH is 2. The number of aromatic hydroxyl groups is 1. The molecule has 1 aliphatic heterocycles. The van der Waals surface area contributed by atoms with Crippen LogP contribution in [0, 0.1) is 0 Å². The SMILES string of the molecule is O=C(c1ccc2ccccc2c1O)N1CC(O)C(O)C1. The van der Waals surface area contributed by atoms with E-state index in [4.69, 9.17) is 0 Å². The molecule has 1 fully saturated rings. The highest BCUT2D eigenvalue weighted by Gasteiger charge is 2.33. The number of carbonyl (C=O) groups is 1. The van der Waals surface area contributed by atoms with Crippen LogP contribution in [0.5, 0.6) is 5.75 Å². The van der Waals surface area contributed by atoms with Crippen LogP contribution in [0.25, 0.3) is 10.8 Å². The van der Waals surface area contributed by atoms with Crippen molar-refractivity contribution in [1.82, 2.24) is 4.90 Å². The second-order valence-electron chi connectivity index (χ2n) is 5.03. The van der Waals surface area contributed by atoms with Crippen molar-refractivity contribution in [1.29, 1.82) is 0 Å². The number of phenols is 1. The molecule has 104 valence electrons. The van der Waals surface area contributed by atoms with Gasteiger partial charge in [0, 0.05) is 18.5 Å². The van der Waals surface area contributed by atoms with Crippen LogP contribution < -0.4 is 0 Å². The first kappa shape index (κ1) is 12.9. The number of carbonyl (C=O) groups excluding carboxylic acids is 1. The Morgan fingerprint density at radius 3 is 2.40 bits per heavy atom. The number of hydrogen-bond donors (Lipinski definition) is 3. The lowest BCUT2D eigenvalue weighted by atomic mass is 10.0. The summed E-state index contributed by atoms with van der Waals surface area (Å²) in [5.74, 6) is -0.451. The number of benzene rings is 2. The minimum atomic E-state index is -0.929. The summed E-state index contributed by atoms with van der Waals surface area (Å²) < 4.78 is 0. The Balaban J connectivity index is 1.98. The largest absolute Gasteiger partial charge is 0.506 e. The smallest absolute Gasteiger partial charge is 0.257 e. The third kappa shape index (κ3) is 2.01. The highest BCUT2D eigenvalue weighted by Crippen LogP contribution is 2.30. The number of hydrogen-bond acceptors (Lipinski definition) is 4. The molecule has 5 nitrogen and oxygen atoms in total. The zero-order chi connectivity index (χ0) is 14.3. The fourth-order valence-corrected chi connectivity index (χ4v) is 2.53. The van der Waals surface area contributed by atoms with Crippen LogP contribution in [0.1, 0.15) is 10.4 Å². The molecule has 1 aliphatic rings. The van der Waals surface area contributed by atoms with Crippen LogP contribution in [-0.2, 0) is 0 Å². The molecule has 1 heterocycles. The van der Waals surface area contributed by atoms with Crippen LogP contribution in [0.2, 0.25) is 0 Å². The summed E-state index contributed by atoms with van der Waals surface area (Å²) >= 11 is 0. The Bertz CT molecular complexity index is 660. The number of phenolic OH excluding ortho intramolecular Hbond substituents is 1. The van der Waals surface area contributed by atoms with Gasteiger partial charge in [-0.05, 0) is 11.5 Å². The normalized spacial score (nSPS) is 22.4. The lowest BCUT2D eigenvalue weighted by Gasteiger charge is -2.16. The highest BCUT2D eigenvalue weighted by molar-refractivity contribution is 6.03. The van der Waals surface area contributed by atoms with E-state index in [2.05, 4.69) is 0 Å². The van der Waals surface area contributed by atoms with Crippen molar-refractivity contribution in [2.75, 3.05) is 13.1 Å². The molecular formula is C15H15NO4. The Morgan fingerprint density at radius 1 is 1.05 bits per heavy atom. The first-order chi connectivity index (χ1) is 9.58. The molecule has 0 spiro atoms. The molecule has 3 rings (SSSR count). The molecule has 0 aromatic heterocycles. The van der Waals surface area contributed by atoms with Gasteiger partial charge >= 0.3 is 0 Å². The van der Waals surface area contributed by atoms with E-state index in [0.29, 0.717) is 5.39 Å². The van der Waals surface area contributed by atoms with Gasteiger partial charge in [0.05, 0.1) is 17.8 Å². The van der Waals surface area contributed by atoms with E-state index in [9.17, 15) is 20.1 Å². The maximum absolute atomic E-state index is 12.3. The van der Waals surface area contributed by atoms with Crippen LogP contribution in [0.3, 0.4) is 0 Å².